The molecule has 1 amide bonds. The van der Waals surface area contributed by atoms with Gasteiger partial charge in [-0.05, 0) is 13.0 Å². The Balaban J connectivity index is 2.40. The quantitative estimate of drug-likeness (QED) is 0.794. The normalized spacial score (nSPS) is 10.2. The Morgan fingerprint density at radius 3 is 2.75 bits per heavy atom. The van der Waals surface area contributed by atoms with E-state index in [0.717, 1.165) is 6.07 Å². The number of benzene rings is 1. The molecule has 16 heavy (non-hydrogen) atoms. The molecule has 0 aliphatic rings. The third-order valence-electron chi connectivity index (χ3n) is 1.99. The molecule has 0 aliphatic carbocycles. The fourth-order valence-corrected chi connectivity index (χ4v) is 1.24. The van der Waals surface area contributed by atoms with Crippen LogP contribution < -0.4 is 10.6 Å². The molecule has 0 radical (unpaired) electrons. The van der Waals surface area contributed by atoms with E-state index in [1.54, 1.807) is 0 Å². The maximum absolute atomic E-state index is 13.1. The molecule has 0 fully saturated rings. The van der Waals surface area contributed by atoms with Gasteiger partial charge < -0.3 is 10.6 Å². The number of carbonyl (C=O) groups is 1. The lowest BCUT2D eigenvalue weighted by Gasteiger charge is -2.06. The predicted molar refractivity (Wildman–Crippen MR) is 56.7 cm³/mol. The molecule has 1 aromatic rings. The number of hydrogen-bond donors (Lipinski definition) is 2. The number of halogens is 2. The van der Waals surface area contributed by atoms with Gasteiger partial charge in [0.25, 0.3) is 0 Å². The van der Waals surface area contributed by atoms with E-state index in [1.165, 1.54) is 12.1 Å². The third-order valence-corrected chi connectivity index (χ3v) is 1.99. The number of amides is 1. The molecular weight excluding hydrogens is 214 g/mol. The number of hydrogen-bond acceptors (Lipinski definition) is 2. The standard InChI is InChI=1S/C11H14F2N2O/c1-2-15-11(16)7-14-6-8-3-4-9(12)5-10(8)13/h3-5,14H,2,6-7H2,1H3,(H,15,16). The lowest BCUT2D eigenvalue weighted by atomic mass is 10.2. The van der Waals surface area contributed by atoms with Crippen LogP contribution in [0.5, 0.6) is 0 Å². The van der Waals surface area contributed by atoms with Crippen molar-refractivity contribution >= 4 is 5.91 Å². The predicted octanol–water partition coefficient (Wildman–Crippen LogP) is 1.19. The molecule has 0 atom stereocenters. The van der Waals surface area contributed by atoms with E-state index in [-0.39, 0.29) is 19.0 Å². The highest BCUT2D eigenvalue weighted by Crippen LogP contribution is 2.08. The SMILES string of the molecule is CCNC(=O)CNCc1ccc(F)cc1F. The maximum atomic E-state index is 13.1. The second-order valence-corrected chi connectivity index (χ2v) is 3.29. The molecule has 5 heteroatoms. The van der Waals surface area contributed by atoms with Crippen molar-refractivity contribution in [1.82, 2.24) is 10.6 Å². The lowest BCUT2D eigenvalue weighted by molar-refractivity contribution is -0.120. The first-order valence-electron chi connectivity index (χ1n) is 5.04. The largest absolute Gasteiger partial charge is 0.355 e. The van der Waals surface area contributed by atoms with Crippen LogP contribution in [-0.4, -0.2) is 19.0 Å². The Morgan fingerprint density at radius 2 is 2.12 bits per heavy atom. The molecule has 0 aliphatic heterocycles. The molecule has 88 valence electrons. The summed E-state index contributed by atoms with van der Waals surface area (Å²) in [7, 11) is 0. The molecule has 1 rings (SSSR count). The summed E-state index contributed by atoms with van der Waals surface area (Å²) in [5.74, 6) is -1.36. The minimum absolute atomic E-state index is 0.116. The van der Waals surface area contributed by atoms with Gasteiger partial charge in [-0.15, -0.1) is 0 Å². The van der Waals surface area contributed by atoms with Gasteiger partial charge >= 0.3 is 0 Å². The first-order chi connectivity index (χ1) is 7.63. The van der Waals surface area contributed by atoms with Crippen molar-refractivity contribution in [3.8, 4) is 0 Å². The van der Waals surface area contributed by atoms with Crippen molar-refractivity contribution in [3.63, 3.8) is 0 Å². The first-order valence-corrected chi connectivity index (χ1v) is 5.04. The summed E-state index contributed by atoms with van der Waals surface area (Å²) in [5, 5.41) is 5.37. The van der Waals surface area contributed by atoms with Crippen molar-refractivity contribution in [3.05, 3.63) is 35.4 Å². The van der Waals surface area contributed by atoms with Gasteiger partial charge in [-0.2, -0.15) is 0 Å². The Morgan fingerprint density at radius 1 is 1.38 bits per heavy atom. The van der Waals surface area contributed by atoms with Gasteiger partial charge in [-0.1, -0.05) is 6.07 Å². The van der Waals surface area contributed by atoms with Crippen molar-refractivity contribution in [2.24, 2.45) is 0 Å². The molecule has 0 saturated heterocycles. The van der Waals surface area contributed by atoms with Gasteiger partial charge in [0, 0.05) is 24.7 Å². The van der Waals surface area contributed by atoms with Gasteiger partial charge in [0.1, 0.15) is 11.6 Å². The van der Waals surface area contributed by atoms with E-state index in [4.69, 9.17) is 0 Å². The summed E-state index contributed by atoms with van der Waals surface area (Å²) < 4.78 is 25.7. The summed E-state index contributed by atoms with van der Waals surface area (Å²) >= 11 is 0. The van der Waals surface area contributed by atoms with Crippen LogP contribution in [0.4, 0.5) is 8.78 Å². The monoisotopic (exact) mass is 228 g/mol. The molecular formula is C11H14F2N2O. The zero-order valence-electron chi connectivity index (χ0n) is 9.02. The Kier molecular flexibility index (Phi) is 4.85. The van der Waals surface area contributed by atoms with E-state index >= 15 is 0 Å². The fraction of sp³-hybridized carbons (Fsp3) is 0.364. The van der Waals surface area contributed by atoms with Crippen molar-refractivity contribution in [1.29, 1.82) is 0 Å². The van der Waals surface area contributed by atoms with Gasteiger partial charge in [0.15, 0.2) is 0 Å². The molecule has 0 heterocycles. The lowest BCUT2D eigenvalue weighted by Crippen LogP contribution is -2.33. The zero-order valence-corrected chi connectivity index (χ0v) is 9.02. The molecule has 0 bridgehead atoms. The highest BCUT2D eigenvalue weighted by Gasteiger charge is 2.04. The van der Waals surface area contributed by atoms with E-state index in [9.17, 15) is 13.6 Å². The number of rotatable bonds is 5. The summed E-state index contributed by atoms with van der Waals surface area (Å²) in [5.41, 5.74) is 0.339. The van der Waals surface area contributed by atoms with Crippen molar-refractivity contribution < 1.29 is 13.6 Å². The summed E-state index contributed by atoms with van der Waals surface area (Å²) in [6.07, 6.45) is 0. The van der Waals surface area contributed by atoms with Gasteiger partial charge in [-0.25, -0.2) is 8.78 Å². The third kappa shape index (κ3) is 3.94. The molecule has 0 aromatic heterocycles. The van der Waals surface area contributed by atoms with Crippen LogP contribution >= 0.6 is 0 Å². The summed E-state index contributed by atoms with van der Waals surface area (Å²) in [6, 6.07) is 3.37. The molecule has 1 aromatic carbocycles. The highest BCUT2D eigenvalue weighted by molar-refractivity contribution is 5.77. The molecule has 0 unspecified atom stereocenters. The molecule has 3 nitrogen and oxygen atoms in total. The molecule has 0 saturated carbocycles. The van der Waals surface area contributed by atoms with E-state index in [1.807, 2.05) is 6.92 Å². The molecule has 2 N–H and O–H groups in total. The van der Waals surface area contributed by atoms with E-state index in [0.29, 0.717) is 12.1 Å². The number of likely N-dealkylation sites (N-methyl/N-ethyl adjacent to an activating group) is 1. The van der Waals surface area contributed by atoms with Crippen LogP contribution in [0, 0.1) is 11.6 Å². The average molecular weight is 228 g/mol. The Bertz CT molecular complexity index is 369. The summed E-state index contributed by atoms with van der Waals surface area (Å²) in [4.78, 5) is 11.0. The first kappa shape index (κ1) is 12.6. The van der Waals surface area contributed by atoms with E-state index < -0.39 is 11.6 Å². The number of carbonyl (C=O) groups excluding carboxylic acids is 1. The van der Waals surface area contributed by atoms with Crippen LogP contribution in [-0.2, 0) is 11.3 Å². The number of nitrogens with one attached hydrogen (secondary N) is 2. The average Bonchev–Trinajstić information content (AvgIpc) is 2.22. The van der Waals surface area contributed by atoms with Crippen LogP contribution in [0.1, 0.15) is 12.5 Å². The van der Waals surface area contributed by atoms with Crippen molar-refractivity contribution in [2.45, 2.75) is 13.5 Å². The van der Waals surface area contributed by atoms with E-state index in [2.05, 4.69) is 10.6 Å². The van der Waals surface area contributed by atoms with Crippen LogP contribution in [0.2, 0.25) is 0 Å². The van der Waals surface area contributed by atoms with Crippen LogP contribution in [0.25, 0.3) is 0 Å². The summed E-state index contributed by atoms with van der Waals surface area (Å²) in [6.45, 7) is 2.69. The Hall–Kier alpha value is -1.49. The van der Waals surface area contributed by atoms with Gasteiger partial charge in [-0.3, -0.25) is 4.79 Å². The molecule has 0 spiro atoms. The minimum Gasteiger partial charge on any atom is -0.355 e. The fourth-order valence-electron chi connectivity index (χ4n) is 1.24. The van der Waals surface area contributed by atoms with Gasteiger partial charge in [0.2, 0.25) is 5.91 Å². The van der Waals surface area contributed by atoms with Crippen molar-refractivity contribution in [2.75, 3.05) is 13.1 Å². The maximum Gasteiger partial charge on any atom is 0.233 e. The topological polar surface area (TPSA) is 41.1 Å². The van der Waals surface area contributed by atoms with Gasteiger partial charge in [0.05, 0.1) is 6.54 Å². The highest BCUT2D eigenvalue weighted by atomic mass is 19.1. The van der Waals surface area contributed by atoms with Crippen LogP contribution in [0.3, 0.4) is 0 Å². The Labute approximate surface area is 92.8 Å². The second kappa shape index (κ2) is 6.17. The van der Waals surface area contributed by atoms with Crippen LogP contribution in [0.15, 0.2) is 18.2 Å². The second-order valence-electron chi connectivity index (χ2n) is 3.29. The zero-order chi connectivity index (χ0) is 12.0. The smallest absolute Gasteiger partial charge is 0.233 e. The minimum atomic E-state index is -0.608.